The van der Waals surface area contributed by atoms with Crippen molar-refractivity contribution in [3.05, 3.63) is 47.0 Å². The minimum Gasteiger partial charge on any atom is -0.495 e. The van der Waals surface area contributed by atoms with E-state index >= 15 is 0 Å². The van der Waals surface area contributed by atoms with Crippen LogP contribution in [-0.4, -0.2) is 50.4 Å². The number of aromatic nitrogens is 4. The largest absolute Gasteiger partial charge is 0.495 e. The quantitative estimate of drug-likeness (QED) is 0.454. The van der Waals surface area contributed by atoms with E-state index in [-0.39, 0.29) is 23.7 Å². The van der Waals surface area contributed by atoms with E-state index in [1.165, 1.54) is 0 Å². The number of hydrogen-bond acceptors (Lipinski definition) is 7. The zero-order valence-corrected chi connectivity index (χ0v) is 20.1. The van der Waals surface area contributed by atoms with Gasteiger partial charge in [-0.15, -0.1) is 0 Å². The molecule has 3 heterocycles. The van der Waals surface area contributed by atoms with E-state index in [0.717, 1.165) is 34.7 Å². The first-order chi connectivity index (χ1) is 16.8. The van der Waals surface area contributed by atoms with Gasteiger partial charge in [-0.1, -0.05) is 6.07 Å². The molecule has 2 aliphatic rings. The molecule has 6 rings (SSSR count). The summed E-state index contributed by atoms with van der Waals surface area (Å²) in [6.07, 6.45) is 6.49. The predicted molar refractivity (Wildman–Crippen MR) is 134 cm³/mol. The fraction of sp³-hybridized carbons (Fsp3) is 0.423. The summed E-state index contributed by atoms with van der Waals surface area (Å²) < 4.78 is 14.8. The monoisotopic (exact) mass is 475 g/mol. The van der Waals surface area contributed by atoms with Gasteiger partial charge in [0.05, 0.1) is 47.3 Å². The summed E-state index contributed by atoms with van der Waals surface area (Å²) >= 11 is 0. The standard InChI is InChI=1S/C26H29N5O4/c1-26(33)11-16(12-26)31-20-6-7-28-24(27)22(20)23(29-31)14-4-5-18-19(8-14)25(32)30(13-21(18)35-3)15-9-17(10-15)34-2/h4-8,13,15-17,33H,9-12H2,1-3H3,(H2,27,28). The van der Waals surface area contributed by atoms with E-state index in [9.17, 15) is 9.90 Å². The van der Waals surface area contributed by atoms with Crippen LogP contribution in [0, 0.1) is 0 Å². The fourth-order valence-corrected chi connectivity index (χ4v) is 5.59. The van der Waals surface area contributed by atoms with Crippen molar-refractivity contribution in [1.82, 2.24) is 19.3 Å². The number of aliphatic hydroxyl groups is 1. The maximum Gasteiger partial charge on any atom is 0.258 e. The molecule has 0 aliphatic heterocycles. The third kappa shape index (κ3) is 3.41. The Labute approximate surface area is 202 Å². The van der Waals surface area contributed by atoms with E-state index in [2.05, 4.69) is 4.98 Å². The molecule has 0 bridgehead atoms. The number of benzene rings is 1. The number of rotatable bonds is 5. The van der Waals surface area contributed by atoms with Crippen LogP contribution in [0.5, 0.6) is 5.75 Å². The number of hydrogen-bond donors (Lipinski definition) is 2. The SMILES string of the molecule is COc1cn(C2CC(OC)C2)c(=O)c2cc(-c3nn(C4CC(C)(O)C4)c4ccnc(N)c34)ccc12. The summed E-state index contributed by atoms with van der Waals surface area (Å²) in [6.45, 7) is 1.84. The van der Waals surface area contributed by atoms with Crippen molar-refractivity contribution in [2.24, 2.45) is 0 Å². The van der Waals surface area contributed by atoms with Crippen LogP contribution in [0.1, 0.15) is 44.7 Å². The number of anilines is 1. The molecule has 0 radical (unpaired) electrons. The lowest BCUT2D eigenvalue weighted by atomic mass is 9.77. The van der Waals surface area contributed by atoms with Crippen LogP contribution in [0.4, 0.5) is 5.82 Å². The molecule has 182 valence electrons. The number of nitrogens with two attached hydrogens (primary N) is 1. The maximum absolute atomic E-state index is 13.6. The van der Waals surface area contributed by atoms with Crippen LogP contribution in [0.15, 0.2) is 41.5 Å². The lowest BCUT2D eigenvalue weighted by Gasteiger charge is -2.41. The second-order valence-electron chi connectivity index (χ2n) is 10.1. The maximum atomic E-state index is 13.6. The molecular formula is C26H29N5O4. The lowest BCUT2D eigenvalue weighted by molar-refractivity contribution is -0.0529. The van der Waals surface area contributed by atoms with Gasteiger partial charge in [-0.3, -0.25) is 9.48 Å². The number of pyridine rings is 2. The number of nitrogen functional groups attached to an aromatic ring is 1. The summed E-state index contributed by atoms with van der Waals surface area (Å²) in [5, 5.41) is 17.3. The highest BCUT2D eigenvalue weighted by Crippen LogP contribution is 2.44. The third-order valence-corrected chi connectivity index (χ3v) is 7.64. The average Bonchev–Trinajstić information content (AvgIpc) is 3.18. The minimum absolute atomic E-state index is 0.0629. The minimum atomic E-state index is -0.685. The molecule has 3 aromatic heterocycles. The van der Waals surface area contributed by atoms with Gasteiger partial charge in [0.2, 0.25) is 0 Å². The molecule has 2 saturated carbocycles. The highest BCUT2D eigenvalue weighted by atomic mass is 16.5. The second-order valence-corrected chi connectivity index (χ2v) is 10.1. The van der Waals surface area contributed by atoms with Gasteiger partial charge < -0.3 is 24.9 Å². The molecule has 4 aromatic rings. The van der Waals surface area contributed by atoms with Crippen LogP contribution in [0.2, 0.25) is 0 Å². The molecule has 2 aliphatic carbocycles. The van der Waals surface area contributed by atoms with Crippen molar-refractivity contribution >= 4 is 27.5 Å². The number of fused-ring (bicyclic) bond motifs is 2. The zero-order valence-electron chi connectivity index (χ0n) is 20.1. The number of ether oxygens (including phenoxy) is 2. The van der Waals surface area contributed by atoms with Crippen LogP contribution >= 0.6 is 0 Å². The summed E-state index contributed by atoms with van der Waals surface area (Å²) in [6, 6.07) is 7.77. The van der Waals surface area contributed by atoms with Gasteiger partial charge in [0, 0.05) is 30.3 Å². The van der Waals surface area contributed by atoms with Gasteiger partial charge in [0.25, 0.3) is 5.56 Å². The topological polar surface area (TPSA) is 117 Å². The van der Waals surface area contributed by atoms with Crippen molar-refractivity contribution in [3.63, 3.8) is 0 Å². The molecule has 9 nitrogen and oxygen atoms in total. The van der Waals surface area contributed by atoms with Crippen molar-refractivity contribution in [1.29, 1.82) is 0 Å². The Bertz CT molecular complexity index is 1510. The van der Waals surface area contributed by atoms with E-state index in [1.54, 1.807) is 31.2 Å². The summed E-state index contributed by atoms with van der Waals surface area (Å²) in [5.74, 6) is 1.04. The molecule has 0 spiro atoms. The Morgan fingerprint density at radius 1 is 1.14 bits per heavy atom. The molecule has 35 heavy (non-hydrogen) atoms. The van der Waals surface area contributed by atoms with E-state index in [1.807, 2.05) is 35.9 Å². The second kappa shape index (κ2) is 7.79. The van der Waals surface area contributed by atoms with Crippen LogP contribution in [-0.2, 0) is 4.74 Å². The molecule has 1 aromatic carbocycles. The van der Waals surface area contributed by atoms with E-state index in [0.29, 0.717) is 35.5 Å². The summed E-state index contributed by atoms with van der Waals surface area (Å²) in [5.41, 5.74) is 7.90. The van der Waals surface area contributed by atoms with Crippen molar-refractivity contribution in [3.8, 4) is 17.0 Å². The fourth-order valence-electron chi connectivity index (χ4n) is 5.59. The Kier molecular flexibility index (Phi) is 4.91. The third-order valence-electron chi connectivity index (χ3n) is 7.64. The van der Waals surface area contributed by atoms with Gasteiger partial charge >= 0.3 is 0 Å². The lowest BCUT2D eigenvalue weighted by Crippen LogP contribution is -2.42. The Balaban J connectivity index is 1.51. The van der Waals surface area contributed by atoms with Crippen molar-refractivity contribution in [2.45, 2.75) is 56.4 Å². The van der Waals surface area contributed by atoms with E-state index < -0.39 is 5.60 Å². The van der Waals surface area contributed by atoms with Crippen molar-refractivity contribution < 1.29 is 14.6 Å². The molecule has 2 fully saturated rings. The van der Waals surface area contributed by atoms with Gasteiger partial charge in [-0.25, -0.2) is 4.98 Å². The summed E-state index contributed by atoms with van der Waals surface area (Å²) in [7, 11) is 3.32. The van der Waals surface area contributed by atoms with Crippen LogP contribution in [0.25, 0.3) is 32.9 Å². The average molecular weight is 476 g/mol. The van der Waals surface area contributed by atoms with Crippen LogP contribution in [0.3, 0.4) is 0 Å². The Morgan fingerprint density at radius 2 is 1.91 bits per heavy atom. The molecule has 0 atom stereocenters. The van der Waals surface area contributed by atoms with Gasteiger partial charge in [0.15, 0.2) is 0 Å². The molecule has 0 unspecified atom stereocenters. The highest BCUT2D eigenvalue weighted by molar-refractivity contribution is 6.02. The number of nitrogens with zero attached hydrogens (tertiary/aromatic N) is 4. The van der Waals surface area contributed by atoms with Gasteiger partial charge in [-0.2, -0.15) is 5.10 Å². The molecule has 0 amide bonds. The summed E-state index contributed by atoms with van der Waals surface area (Å²) in [4.78, 5) is 17.9. The predicted octanol–water partition coefficient (Wildman–Crippen LogP) is 3.44. The first-order valence-electron chi connectivity index (χ1n) is 11.9. The Hall–Kier alpha value is -3.43. The highest BCUT2D eigenvalue weighted by Gasteiger charge is 2.41. The van der Waals surface area contributed by atoms with Crippen LogP contribution < -0.4 is 16.0 Å². The van der Waals surface area contributed by atoms with E-state index in [4.69, 9.17) is 20.3 Å². The molecule has 0 saturated heterocycles. The first kappa shape index (κ1) is 22.1. The zero-order chi connectivity index (χ0) is 24.5. The molecule has 3 N–H and O–H groups in total. The number of methoxy groups -OCH3 is 2. The van der Waals surface area contributed by atoms with Gasteiger partial charge in [0.1, 0.15) is 17.3 Å². The Morgan fingerprint density at radius 3 is 2.60 bits per heavy atom. The molecular weight excluding hydrogens is 446 g/mol. The van der Waals surface area contributed by atoms with Gasteiger partial charge in [-0.05, 0) is 50.8 Å². The van der Waals surface area contributed by atoms with Crippen molar-refractivity contribution in [2.75, 3.05) is 20.0 Å². The molecule has 9 heteroatoms. The normalized spacial score (nSPS) is 26.0. The smallest absolute Gasteiger partial charge is 0.258 e. The first-order valence-corrected chi connectivity index (χ1v) is 11.9.